The van der Waals surface area contributed by atoms with Crippen LogP contribution in [0, 0.1) is 0 Å². The van der Waals surface area contributed by atoms with Gasteiger partial charge in [0.1, 0.15) is 18.5 Å². The quantitative estimate of drug-likeness (QED) is 0.171. The number of aliphatic imine (C=N–C) groups is 1. The van der Waals surface area contributed by atoms with Crippen LogP contribution in [-0.2, 0) is 19.6 Å². The first-order valence-electron chi connectivity index (χ1n) is 9.89. The van der Waals surface area contributed by atoms with E-state index in [1.807, 2.05) is 0 Å². The molecule has 0 fully saturated rings. The van der Waals surface area contributed by atoms with E-state index in [2.05, 4.69) is 15.4 Å². The van der Waals surface area contributed by atoms with Crippen LogP contribution >= 0.6 is 11.6 Å². The third-order valence-electron chi connectivity index (χ3n) is 4.38. The first kappa shape index (κ1) is 24.4. The highest BCUT2D eigenvalue weighted by atomic mass is 35.5. The minimum absolute atomic E-state index is 0.0661. The lowest BCUT2D eigenvalue weighted by Gasteiger charge is -2.26. The number of rotatable bonds is 7. The summed E-state index contributed by atoms with van der Waals surface area (Å²) in [5.41, 5.74) is 1.83. The Morgan fingerprint density at radius 2 is 1.91 bits per heavy atom. The van der Waals surface area contributed by atoms with Gasteiger partial charge in [0, 0.05) is 17.0 Å². The number of nitrogens with one attached hydrogen (secondary N) is 1. The molecule has 1 aromatic heterocycles. The van der Waals surface area contributed by atoms with Crippen molar-refractivity contribution in [2.24, 2.45) is 10.8 Å². The lowest BCUT2D eigenvalue weighted by Crippen LogP contribution is -2.38. The number of carbonyl (C=O) groups is 1. The molecule has 174 valence electrons. The first-order chi connectivity index (χ1) is 15.5. The molecule has 0 aliphatic rings. The number of benzene rings is 2. The molecule has 0 saturated heterocycles. The normalized spacial score (nSPS) is 12.2. The minimum Gasteiger partial charge on any atom is -0.459 e. The molecule has 0 amide bonds. The number of halogens is 1. The van der Waals surface area contributed by atoms with Crippen LogP contribution in [0.3, 0.4) is 0 Å². The van der Waals surface area contributed by atoms with Gasteiger partial charge >= 0.3 is 5.97 Å². The smallest absolute Gasteiger partial charge is 0.327 e. The number of nitrogens with two attached hydrogens (primary N) is 1. The van der Waals surface area contributed by atoms with Crippen molar-refractivity contribution in [2.45, 2.75) is 31.3 Å². The van der Waals surface area contributed by atoms with E-state index in [0.717, 1.165) is 4.31 Å². The van der Waals surface area contributed by atoms with Gasteiger partial charge in [0.05, 0.1) is 15.6 Å². The van der Waals surface area contributed by atoms with Crippen molar-refractivity contribution in [3.63, 3.8) is 0 Å². The lowest BCUT2D eigenvalue weighted by molar-refractivity contribution is -0.152. The third kappa shape index (κ3) is 5.78. The van der Waals surface area contributed by atoms with Crippen LogP contribution in [-0.4, -0.2) is 37.9 Å². The summed E-state index contributed by atoms with van der Waals surface area (Å²) in [7, 11) is -4.18. The van der Waals surface area contributed by atoms with Gasteiger partial charge in [-0.25, -0.2) is 24.2 Å². The Kier molecular flexibility index (Phi) is 7.21. The number of hydrogen-bond acceptors (Lipinski definition) is 7. The van der Waals surface area contributed by atoms with Gasteiger partial charge in [-0.05, 0) is 45.0 Å². The molecular formula is C22H24ClN5O4S. The van der Waals surface area contributed by atoms with E-state index < -0.39 is 28.1 Å². The second-order valence-corrected chi connectivity index (χ2v) is 10.3. The Hall–Kier alpha value is -3.21. The van der Waals surface area contributed by atoms with Gasteiger partial charge in [0.25, 0.3) is 10.0 Å². The predicted octanol–water partition coefficient (Wildman–Crippen LogP) is 3.55. The fraction of sp³-hybridized carbons (Fsp3) is 0.227. The molecule has 0 spiro atoms. The second kappa shape index (κ2) is 9.74. The number of ether oxygens (including phenoxy) is 1. The zero-order valence-corrected chi connectivity index (χ0v) is 19.9. The summed E-state index contributed by atoms with van der Waals surface area (Å²) >= 11 is 6.24. The van der Waals surface area contributed by atoms with Crippen LogP contribution in [0.5, 0.6) is 0 Å². The maximum absolute atomic E-state index is 13.7. The highest BCUT2D eigenvalue weighted by Gasteiger charge is 2.29. The van der Waals surface area contributed by atoms with E-state index in [4.69, 9.17) is 22.2 Å². The van der Waals surface area contributed by atoms with Gasteiger partial charge < -0.3 is 10.2 Å². The van der Waals surface area contributed by atoms with E-state index in [0.29, 0.717) is 21.5 Å². The van der Waals surface area contributed by atoms with E-state index in [-0.39, 0.29) is 10.7 Å². The molecule has 3 aromatic rings. The van der Waals surface area contributed by atoms with Crippen molar-refractivity contribution in [3.8, 4) is 0 Å². The maximum atomic E-state index is 13.7. The van der Waals surface area contributed by atoms with Gasteiger partial charge in [-0.2, -0.15) is 0 Å². The number of hydrazine groups is 1. The summed E-state index contributed by atoms with van der Waals surface area (Å²) in [6.45, 7) is 4.64. The second-order valence-electron chi connectivity index (χ2n) is 8.00. The number of sulfonamides is 1. The Balaban J connectivity index is 2.12. The predicted molar refractivity (Wildman–Crippen MR) is 129 cm³/mol. The van der Waals surface area contributed by atoms with Gasteiger partial charge in [-0.15, -0.1) is 0 Å². The zero-order chi connectivity index (χ0) is 24.2. The molecule has 0 unspecified atom stereocenters. The Morgan fingerprint density at radius 1 is 1.21 bits per heavy atom. The number of para-hydroxylation sites is 1. The number of hydrogen-bond donors (Lipinski definition) is 2. The number of aromatic nitrogens is 1. The largest absolute Gasteiger partial charge is 0.459 e. The number of fused-ring (bicyclic) bond motifs is 1. The highest BCUT2D eigenvalue weighted by molar-refractivity contribution is 7.92. The average molecular weight is 490 g/mol. The molecule has 0 aliphatic carbocycles. The van der Waals surface area contributed by atoms with Crippen LogP contribution < -0.4 is 15.6 Å². The van der Waals surface area contributed by atoms with Crippen molar-refractivity contribution >= 4 is 56.2 Å². The molecule has 0 radical (unpaired) electrons. The lowest BCUT2D eigenvalue weighted by atomic mass is 10.1. The van der Waals surface area contributed by atoms with Crippen LogP contribution in [0.2, 0.25) is 5.02 Å². The van der Waals surface area contributed by atoms with Gasteiger partial charge in [0.15, 0.2) is 5.82 Å². The van der Waals surface area contributed by atoms with Crippen LogP contribution in [0.25, 0.3) is 10.8 Å². The minimum atomic E-state index is -4.18. The standard InChI is InChI=1S/C22H24ClN5O4S/c1-22(2,3)32-20(29)13-28(15-7-5-4-6-8-15)33(30,31)16-9-10-17-18(11-16)21(26-14-27-24)25-12-19(17)23/h4-12,14H,13,24H2,1-3H3,(H,25,26,27). The summed E-state index contributed by atoms with van der Waals surface area (Å²) < 4.78 is 33.7. The molecule has 2 aromatic carbocycles. The number of carbonyl (C=O) groups excluding carboxylic acids is 1. The zero-order valence-electron chi connectivity index (χ0n) is 18.3. The SMILES string of the molecule is CC(C)(C)OC(=O)CN(c1ccccc1)S(=O)(=O)c1ccc2c(Cl)cnc(N=CNN)c2c1. The van der Waals surface area contributed by atoms with Crippen LogP contribution in [0.15, 0.2) is 64.6 Å². The van der Waals surface area contributed by atoms with Crippen molar-refractivity contribution in [1.82, 2.24) is 10.4 Å². The van der Waals surface area contributed by atoms with Crippen LogP contribution in [0.1, 0.15) is 20.8 Å². The molecule has 0 aliphatic heterocycles. The molecule has 0 atom stereocenters. The van der Waals surface area contributed by atoms with Crippen molar-refractivity contribution in [3.05, 3.63) is 59.8 Å². The molecular weight excluding hydrogens is 466 g/mol. The van der Waals surface area contributed by atoms with Crippen molar-refractivity contribution < 1.29 is 17.9 Å². The fourth-order valence-corrected chi connectivity index (χ4v) is 4.71. The van der Waals surface area contributed by atoms with Gasteiger partial charge in [0.2, 0.25) is 0 Å². The number of esters is 1. The molecule has 11 heteroatoms. The summed E-state index contributed by atoms with van der Waals surface area (Å²) in [6.07, 6.45) is 2.63. The number of pyridine rings is 1. The Labute approximate surface area is 197 Å². The highest BCUT2D eigenvalue weighted by Crippen LogP contribution is 2.33. The fourth-order valence-electron chi connectivity index (χ4n) is 3.06. The van der Waals surface area contributed by atoms with E-state index in [1.54, 1.807) is 57.2 Å². The molecule has 33 heavy (non-hydrogen) atoms. The number of nitrogens with zero attached hydrogens (tertiary/aromatic N) is 3. The van der Waals surface area contributed by atoms with Gasteiger partial charge in [-0.3, -0.25) is 9.10 Å². The Morgan fingerprint density at radius 3 is 2.55 bits per heavy atom. The summed E-state index contributed by atoms with van der Waals surface area (Å²) in [5, 5.41) is 1.30. The molecule has 3 rings (SSSR count). The maximum Gasteiger partial charge on any atom is 0.327 e. The van der Waals surface area contributed by atoms with Crippen molar-refractivity contribution in [1.29, 1.82) is 0 Å². The monoisotopic (exact) mass is 489 g/mol. The first-order valence-corrected chi connectivity index (χ1v) is 11.7. The summed E-state index contributed by atoms with van der Waals surface area (Å²) in [4.78, 5) is 20.7. The average Bonchev–Trinajstić information content (AvgIpc) is 2.76. The summed E-state index contributed by atoms with van der Waals surface area (Å²) in [5.74, 6) is 4.79. The van der Waals surface area contributed by atoms with Gasteiger partial charge in [-0.1, -0.05) is 35.9 Å². The third-order valence-corrected chi connectivity index (χ3v) is 6.45. The molecule has 9 nitrogen and oxygen atoms in total. The molecule has 1 heterocycles. The molecule has 0 bridgehead atoms. The Bertz CT molecular complexity index is 1290. The number of anilines is 1. The van der Waals surface area contributed by atoms with E-state index in [1.165, 1.54) is 24.7 Å². The van der Waals surface area contributed by atoms with E-state index >= 15 is 0 Å². The van der Waals surface area contributed by atoms with Crippen molar-refractivity contribution in [2.75, 3.05) is 10.8 Å². The molecule has 0 saturated carbocycles. The van der Waals surface area contributed by atoms with E-state index in [9.17, 15) is 13.2 Å². The topological polar surface area (TPSA) is 127 Å². The molecule has 3 N–H and O–H groups in total. The summed E-state index contributed by atoms with van der Waals surface area (Å²) in [6, 6.07) is 12.7. The van der Waals surface area contributed by atoms with Crippen LogP contribution in [0.4, 0.5) is 11.5 Å².